The molecule has 1 N–H and O–H groups in total. The van der Waals surface area contributed by atoms with E-state index in [-0.39, 0.29) is 27.7 Å². The number of carbonyl (C=O) groups is 1. The van der Waals surface area contributed by atoms with Crippen LogP contribution in [-0.2, 0) is 14.8 Å². The first-order chi connectivity index (χ1) is 17.9. The molecule has 2 aliphatic rings. The van der Waals surface area contributed by atoms with Gasteiger partial charge in [-0.25, -0.2) is 26.9 Å². The third kappa shape index (κ3) is 5.11. The Morgan fingerprint density at radius 2 is 1.87 bits per heavy atom. The highest BCUT2D eigenvalue weighted by Gasteiger charge is 2.41. The van der Waals surface area contributed by atoms with Crippen LogP contribution in [0.25, 0.3) is 16.3 Å². The molecule has 3 aromatic rings. The topological polar surface area (TPSA) is 116 Å². The van der Waals surface area contributed by atoms with Gasteiger partial charge < -0.3 is 9.80 Å². The van der Waals surface area contributed by atoms with Crippen LogP contribution in [0.2, 0.25) is 0 Å². The highest BCUT2D eigenvalue weighted by atomic mass is 32.2. The van der Waals surface area contributed by atoms with Crippen molar-refractivity contribution in [3.05, 3.63) is 23.5 Å². The number of halogens is 2. The molecule has 1 saturated heterocycles. The van der Waals surface area contributed by atoms with E-state index in [1.165, 1.54) is 6.20 Å². The predicted molar refractivity (Wildman–Crippen MR) is 139 cm³/mol. The summed E-state index contributed by atoms with van der Waals surface area (Å²) in [4.78, 5) is 23.0. The molecule has 1 aliphatic heterocycles. The first kappa shape index (κ1) is 26.8. The van der Waals surface area contributed by atoms with E-state index < -0.39 is 27.0 Å². The number of nitrogens with zero attached hydrogens (tertiary/aromatic N) is 7. The molecule has 2 fully saturated rings. The molecule has 15 heteroatoms. The van der Waals surface area contributed by atoms with Crippen molar-refractivity contribution in [3.8, 4) is 10.8 Å². The van der Waals surface area contributed by atoms with Crippen LogP contribution in [-0.4, -0.2) is 95.6 Å². The SMILES string of the molecule is CC(C(=O)N1CCN(c2cc(S(=O)(=O)NC3(C)CC3)cn3c(-c4nnc(C(F)F)s4)ncc23)CC1)N(C)C. The standard InChI is InChI=1S/C23H30F2N8O3S2/c1-14(30(3)4)22(34)32-9-7-31(8-10-32)16-11-15(38(35,36)29-23(2)5-6-23)13-33-17(16)12-26-19(33)21-28-27-20(37-21)18(24)25/h11-14,18,29H,5-10H2,1-4H3. The van der Waals surface area contributed by atoms with Gasteiger partial charge in [0.05, 0.1) is 23.4 Å². The van der Waals surface area contributed by atoms with E-state index in [9.17, 15) is 22.0 Å². The van der Waals surface area contributed by atoms with Gasteiger partial charge >= 0.3 is 0 Å². The van der Waals surface area contributed by atoms with Crippen molar-refractivity contribution >= 4 is 38.5 Å². The molecule has 4 heterocycles. The third-order valence-corrected chi connectivity index (χ3v) is 9.70. The Balaban J connectivity index is 1.53. The second kappa shape index (κ2) is 9.77. The zero-order valence-corrected chi connectivity index (χ0v) is 23.2. The van der Waals surface area contributed by atoms with Crippen LogP contribution in [0.1, 0.15) is 38.1 Å². The number of likely N-dealkylation sites (N-methyl/N-ethyl adjacent to an activating group) is 1. The fourth-order valence-electron chi connectivity index (χ4n) is 4.35. The lowest BCUT2D eigenvalue weighted by atomic mass is 10.2. The average molecular weight is 569 g/mol. The maximum absolute atomic E-state index is 13.4. The zero-order valence-electron chi connectivity index (χ0n) is 21.6. The first-order valence-corrected chi connectivity index (χ1v) is 14.6. The molecule has 5 rings (SSSR count). The fourth-order valence-corrected chi connectivity index (χ4v) is 6.53. The number of alkyl halides is 2. The van der Waals surface area contributed by atoms with Crippen LogP contribution in [0.3, 0.4) is 0 Å². The lowest BCUT2D eigenvalue weighted by Gasteiger charge is -2.38. The molecule has 0 spiro atoms. The Morgan fingerprint density at radius 1 is 1.18 bits per heavy atom. The largest absolute Gasteiger partial charge is 0.366 e. The zero-order chi connectivity index (χ0) is 27.4. The molecule has 1 unspecified atom stereocenters. The molecule has 1 aliphatic carbocycles. The number of piperazine rings is 1. The van der Waals surface area contributed by atoms with Crippen LogP contribution in [0.4, 0.5) is 14.5 Å². The van der Waals surface area contributed by atoms with Gasteiger partial charge in [0.2, 0.25) is 15.9 Å². The summed E-state index contributed by atoms with van der Waals surface area (Å²) >= 11 is 0.714. The Morgan fingerprint density at radius 3 is 2.45 bits per heavy atom. The minimum atomic E-state index is -3.89. The van der Waals surface area contributed by atoms with E-state index in [0.717, 1.165) is 12.8 Å². The maximum atomic E-state index is 13.4. The van der Waals surface area contributed by atoms with E-state index in [1.807, 2.05) is 42.6 Å². The molecule has 0 radical (unpaired) electrons. The summed E-state index contributed by atoms with van der Waals surface area (Å²) in [6, 6.07) is 1.36. The van der Waals surface area contributed by atoms with Gasteiger partial charge in [-0.05, 0) is 46.9 Å². The Kier molecular flexibility index (Phi) is 6.90. The van der Waals surface area contributed by atoms with Crippen molar-refractivity contribution in [2.24, 2.45) is 0 Å². The van der Waals surface area contributed by atoms with Gasteiger partial charge in [0.25, 0.3) is 6.43 Å². The minimum absolute atomic E-state index is 0.0331. The number of amides is 1. The molecular weight excluding hydrogens is 538 g/mol. The number of hydrogen-bond acceptors (Lipinski definition) is 9. The van der Waals surface area contributed by atoms with E-state index in [4.69, 9.17) is 0 Å². The lowest BCUT2D eigenvalue weighted by Crippen LogP contribution is -2.53. The summed E-state index contributed by atoms with van der Waals surface area (Å²) in [5, 5.41) is 7.15. The van der Waals surface area contributed by atoms with Crippen molar-refractivity contribution in [2.45, 2.75) is 49.6 Å². The van der Waals surface area contributed by atoms with Crippen LogP contribution in [0.15, 0.2) is 23.4 Å². The smallest absolute Gasteiger partial charge is 0.291 e. The molecule has 0 aromatic carbocycles. The van der Waals surface area contributed by atoms with Crippen molar-refractivity contribution in [1.29, 1.82) is 0 Å². The molecule has 1 atom stereocenters. The summed E-state index contributed by atoms with van der Waals surface area (Å²) in [6.45, 7) is 5.65. The van der Waals surface area contributed by atoms with Gasteiger partial charge in [-0.2, -0.15) is 0 Å². The average Bonchev–Trinajstić information content (AvgIpc) is 3.25. The van der Waals surface area contributed by atoms with Crippen LogP contribution in [0.5, 0.6) is 0 Å². The number of rotatable bonds is 8. The predicted octanol–water partition coefficient (Wildman–Crippen LogP) is 2.22. The Bertz CT molecular complexity index is 1460. The monoisotopic (exact) mass is 568 g/mol. The molecule has 1 saturated carbocycles. The maximum Gasteiger partial charge on any atom is 0.291 e. The van der Waals surface area contributed by atoms with Crippen molar-refractivity contribution in [1.82, 2.24) is 34.1 Å². The molecule has 0 bridgehead atoms. The number of fused-ring (bicyclic) bond motifs is 1. The van der Waals surface area contributed by atoms with E-state index >= 15 is 0 Å². The van der Waals surface area contributed by atoms with E-state index in [0.29, 0.717) is 48.7 Å². The second-order valence-electron chi connectivity index (χ2n) is 10.3. The third-order valence-electron chi connectivity index (χ3n) is 7.17. The highest BCUT2D eigenvalue weighted by molar-refractivity contribution is 7.89. The molecule has 1 amide bonds. The van der Waals surface area contributed by atoms with Crippen LogP contribution < -0.4 is 9.62 Å². The van der Waals surface area contributed by atoms with E-state index in [1.54, 1.807) is 16.7 Å². The van der Waals surface area contributed by atoms with Crippen molar-refractivity contribution < 1.29 is 22.0 Å². The number of aromatic nitrogens is 4. The molecule has 38 heavy (non-hydrogen) atoms. The van der Waals surface area contributed by atoms with Crippen LogP contribution in [0, 0.1) is 0 Å². The lowest BCUT2D eigenvalue weighted by molar-refractivity contribution is -0.135. The van der Waals surface area contributed by atoms with Gasteiger partial charge in [0, 0.05) is 37.9 Å². The van der Waals surface area contributed by atoms with Gasteiger partial charge in [-0.1, -0.05) is 11.3 Å². The normalized spacial score (nSPS) is 18.5. The van der Waals surface area contributed by atoms with Gasteiger partial charge in [-0.15, -0.1) is 10.2 Å². The summed E-state index contributed by atoms with van der Waals surface area (Å²) in [6.07, 6.45) is 1.75. The fraction of sp³-hybridized carbons (Fsp3) is 0.565. The van der Waals surface area contributed by atoms with Gasteiger partial charge in [0.1, 0.15) is 4.90 Å². The summed E-state index contributed by atoms with van der Waals surface area (Å²) in [7, 11) is -0.170. The number of imidazole rings is 1. The number of hydrogen-bond donors (Lipinski definition) is 1. The van der Waals surface area contributed by atoms with Crippen molar-refractivity contribution in [2.75, 3.05) is 45.2 Å². The summed E-state index contributed by atoms with van der Waals surface area (Å²) < 4.78 is 57.4. The van der Waals surface area contributed by atoms with E-state index in [2.05, 4.69) is 19.9 Å². The quantitative estimate of drug-likeness (QED) is 0.440. The van der Waals surface area contributed by atoms with Gasteiger partial charge in [-0.3, -0.25) is 14.1 Å². The van der Waals surface area contributed by atoms with Crippen LogP contribution >= 0.6 is 11.3 Å². The minimum Gasteiger partial charge on any atom is -0.366 e. The molecule has 3 aromatic heterocycles. The number of pyridine rings is 1. The highest BCUT2D eigenvalue weighted by Crippen LogP contribution is 2.37. The van der Waals surface area contributed by atoms with Gasteiger partial charge in [0.15, 0.2) is 15.8 Å². The number of anilines is 1. The Labute approximate surface area is 223 Å². The summed E-state index contributed by atoms with van der Waals surface area (Å²) in [5.74, 6) is 0.268. The first-order valence-electron chi connectivity index (χ1n) is 12.3. The summed E-state index contributed by atoms with van der Waals surface area (Å²) in [5.41, 5.74) is 0.748. The number of carbonyl (C=O) groups excluding carboxylic acids is 1. The molecular formula is C23H30F2N8O3S2. The number of nitrogens with one attached hydrogen (secondary N) is 1. The number of sulfonamides is 1. The Hall–Kier alpha value is -2.75. The second-order valence-corrected chi connectivity index (χ2v) is 13.0. The molecule has 11 nitrogen and oxygen atoms in total. The molecule has 206 valence electrons. The van der Waals surface area contributed by atoms with Crippen molar-refractivity contribution in [3.63, 3.8) is 0 Å².